The maximum absolute atomic E-state index is 13.0. The number of benzene rings is 2. The highest BCUT2D eigenvalue weighted by Crippen LogP contribution is 2.39. The van der Waals surface area contributed by atoms with Gasteiger partial charge in [-0.2, -0.15) is 0 Å². The van der Waals surface area contributed by atoms with Crippen molar-refractivity contribution in [2.75, 3.05) is 40.4 Å². The van der Waals surface area contributed by atoms with Crippen LogP contribution < -0.4 is 9.47 Å². The van der Waals surface area contributed by atoms with Crippen molar-refractivity contribution < 1.29 is 24.2 Å². The normalized spacial score (nSPS) is 17.8. The van der Waals surface area contributed by atoms with E-state index >= 15 is 0 Å². The van der Waals surface area contributed by atoms with Gasteiger partial charge in [-0.25, -0.2) is 0 Å². The van der Waals surface area contributed by atoms with Crippen LogP contribution in [-0.2, 0) is 9.59 Å². The smallest absolute Gasteiger partial charge is 0.295 e. The number of hydrogen-bond acceptors (Lipinski definition) is 6. The topological polar surface area (TPSA) is 79.3 Å². The summed E-state index contributed by atoms with van der Waals surface area (Å²) in [5.74, 6) is -0.128. The first-order valence-electron chi connectivity index (χ1n) is 10.8. The van der Waals surface area contributed by atoms with E-state index < -0.39 is 17.7 Å². The molecule has 2 aromatic carbocycles. The number of carbonyl (C=O) groups is 2. The van der Waals surface area contributed by atoms with Crippen molar-refractivity contribution in [3.63, 3.8) is 0 Å². The summed E-state index contributed by atoms with van der Waals surface area (Å²) in [7, 11) is 3.81. The van der Waals surface area contributed by atoms with Crippen molar-refractivity contribution in [3.05, 3.63) is 65.2 Å². The number of likely N-dealkylation sites (N-methyl/N-ethyl adjacent to an activating group) is 1. The standard InChI is InChI=1S/C25H30N2O5/c1-5-31-19-11-7-17(8-12-19)22-21(24(29)25(30)27(22)16-15-26(3)4)23(28)18-9-13-20(14-10-18)32-6-2/h7-14,22,28H,5-6,15-16H2,1-4H3/b23-21+/t22-/m1/s1. The molecular weight excluding hydrogens is 408 g/mol. The number of aliphatic hydroxyl groups is 1. The number of hydrogen-bond donors (Lipinski definition) is 1. The van der Waals surface area contributed by atoms with Gasteiger partial charge in [-0.15, -0.1) is 0 Å². The lowest BCUT2D eigenvalue weighted by Gasteiger charge is -2.26. The molecule has 1 fully saturated rings. The minimum Gasteiger partial charge on any atom is -0.507 e. The molecule has 170 valence electrons. The number of nitrogens with zero attached hydrogens (tertiary/aromatic N) is 2. The Morgan fingerprint density at radius 1 is 0.938 bits per heavy atom. The van der Waals surface area contributed by atoms with Gasteiger partial charge in [0.1, 0.15) is 17.3 Å². The van der Waals surface area contributed by atoms with Gasteiger partial charge in [-0.3, -0.25) is 9.59 Å². The van der Waals surface area contributed by atoms with Crippen LogP contribution in [0.25, 0.3) is 5.76 Å². The predicted molar refractivity (Wildman–Crippen MR) is 123 cm³/mol. The molecule has 2 aromatic rings. The van der Waals surface area contributed by atoms with E-state index in [4.69, 9.17) is 9.47 Å². The van der Waals surface area contributed by atoms with Crippen molar-refractivity contribution in [2.24, 2.45) is 0 Å². The van der Waals surface area contributed by atoms with E-state index in [0.29, 0.717) is 43.4 Å². The highest BCUT2D eigenvalue weighted by Gasteiger charge is 2.45. The zero-order valence-corrected chi connectivity index (χ0v) is 19.0. The van der Waals surface area contributed by atoms with Crippen molar-refractivity contribution >= 4 is 17.4 Å². The third-order valence-corrected chi connectivity index (χ3v) is 5.27. The van der Waals surface area contributed by atoms with E-state index in [0.717, 1.165) is 5.56 Å². The first-order chi connectivity index (χ1) is 15.4. The maximum atomic E-state index is 13.0. The van der Waals surface area contributed by atoms with Crippen LogP contribution in [0, 0.1) is 0 Å². The Balaban J connectivity index is 2.06. The van der Waals surface area contributed by atoms with Crippen LogP contribution in [0.4, 0.5) is 0 Å². The van der Waals surface area contributed by atoms with E-state index in [1.807, 2.05) is 57.1 Å². The van der Waals surface area contributed by atoms with E-state index in [1.54, 1.807) is 24.3 Å². The Labute approximate surface area is 188 Å². The van der Waals surface area contributed by atoms with Crippen LogP contribution in [0.1, 0.15) is 31.0 Å². The van der Waals surface area contributed by atoms with E-state index in [1.165, 1.54) is 4.90 Å². The summed E-state index contributed by atoms with van der Waals surface area (Å²) in [4.78, 5) is 29.4. The van der Waals surface area contributed by atoms with Crippen LogP contribution in [-0.4, -0.2) is 67.0 Å². The van der Waals surface area contributed by atoms with Crippen LogP contribution in [0.5, 0.6) is 11.5 Å². The maximum Gasteiger partial charge on any atom is 0.295 e. The first kappa shape index (κ1) is 23.3. The summed E-state index contributed by atoms with van der Waals surface area (Å²) in [6, 6.07) is 13.4. The van der Waals surface area contributed by atoms with Crippen LogP contribution in [0.15, 0.2) is 54.1 Å². The Hall–Kier alpha value is -3.32. The lowest BCUT2D eigenvalue weighted by atomic mass is 9.95. The number of amides is 1. The minimum absolute atomic E-state index is 0.0853. The van der Waals surface area contributed by atoms with E-state index in [2.05, 4.69) is 0 Å². The molecule has 0 aromatic heterocycles. The monoisotopic (exact) mass is 438 g/mol. The van der Waals surface area contributed by atoms with Crippen molar-refractivity contribution in [1.82, 2.24) is 9.80 Å². The van der Waals surface area contributed by atoms with Crippen molar-refractivity contribution in [3.8, 4) is 11.5 Å². The number of aliphatic hydroxyl groups excluding tert-OH is 1. The number of likely N-dealkylation sites (tertiary alicyclic amines) is 1. The van der Waals surface area contributed by atoms with Gasteiger partial charge in [-0.1, -0.05) is 12.1 Å². The molecule has 0 radical (unpaired) electrons. The van der Waals surface area contributed by atoms with Gasteiger partial charge in [0, 0.05) is 18.7 Å². The molecule has 7 heteroatoms. The Morgan fingerprint density at radius 3 is 1.97 bits per heavy atom. The second-order valence-electron chi connectivity index (χ2n) is 7.76. The fourth-order valence-corrected chi connectivity index (χ4v) is 3.71. The van der Waals surface area contributed by atoms with Gasteiger partial charge >= 0.3 is 0 Å². The molecule has 0 spiro atoms. The summed E-state index contributed by atoms with van der Waals surface area (Å²) in [6.45, 7) is 5.80. The van der Waals surface area contributed by atoms with Crippen LogP contribution in [0.2, 0.25) is 0 Å². The number of carbonyl (C=O) groups excluding carboxylic acids is 2. The largest absolute Gasteiger partial charge is 0.507 e. The Morgan fingerprint density at radius 2 is 1.47 bits per heavy atom. The molecule has 1 amide bonds. The molecule has 1 atom stereocenters. The highest BCUT2D eigenvalue weighted by molar-refractivity contribution is 6.46. The fraction of sp³-hybridized carbons (Fsp3) is 0.360. The number of Topliss-reactive ketones (excluding diaryl/α,β-unsaturated/α-hetero) is 1. The van der Waals surface area contributed by atoms with Crippen LogP contribution >= 0.6 is 0 Å². The molecule has 1 heterocycles. The number of ether oxygens (including phenoxy) is 2. The molecule has 0 bridgehead atoms. The summed E-state index contributed by atoms with van der Waals surface area (Å²) in [5.41, 5.74) is 1.27. The lowest BCUT2D eigenvalue weighted by molar-refractivity contribution is -0.140. The minimum atomic E-state index is -0.686. The van der Waals surface area contributed by atoms with Gasteiger partial charge in [-0.05, 0) is 69.9 Å². The molecule has 1 aliphatic rings. The molecule has 7 nitrogen and oxygen atoms in total. The molecule has 0 unspecified atom stereocenters. The van der Waals surface area contributed by atoms with Gasteiger partial charge in [0.15, 0.2) is 0 Å². The summed E-state index contributed by atoms with van der Waals surface area (Å²) < 4.78 is 11.0. The molecule has 1 N–H and O–H groups in total. The van der Waals surface area contributed by atoms with Gasteiger partial charge in [0.25, 0.3) is 11.7 Å². The second kappa shape index (κ2) is 10.3. The second-order valence-corrected chi connectivity index (χ2v) is 7.76. The molecular formula is C25H30N2O5. The average molecular weight is 439 g/mol. The SMILES string of the molecule is CCOc1ccc(/C(O)=C2\C(=O)C(=O)N(CCN(C)C)[C@@H]2c2ccc(OCC)cc2)cc1. The highest BCUT2D eigenvalue weighted by atomic mass is 16.5. The van der Waals surface area contributed by atoms with Gasteiger partial charge in [0.2, 0.25) is 0 Å². The van der Waals surface area contributed by atoms with E-state index in [9.17, 15) is 14.7 Å². The van der Waals surface area contributed by atoms with Crippen molar-refractivity contribution in [1.29, 1.82) is 0 Å². The predicted octanol–water partition coefficient (Wildman–Crippen LogP) is 3.47. The molecule has 1 aliphatic heterocycles. The quantitative estimate of drug-likeness (QED) is 0.367. The number of ketones is 1. The molecule has 3 rings (SSSR count). The molecule has 0 saturated carbocycles. The molecule has 0 aliphatic carbocycles. The third-order valence-electron chi connectivity index (χ3n) is 5.27. The van der Waals surface area contributed by atoms with Crippen LogP contribution in [0.3, 0.4) is 0 Å². The first-order valence-corrected chi connectivity index (χ1v) is 10.8. The third kappa shape index (κ3) is 4.94. The number of rotatable bonds is 9. The summed E-state index contributed by atoms with van der Waals surface area (Å²) in [5, 5.41) is 11.1. The van der Waals surface area contributed by atoms with E-state index in [-0.39, 0.29) is 11.3 Å². The lowest BCUT2D eigenvalue weighted by Crippen LogP contribution is -2.35. The summed E-state index contributed by atoms with van der Waals surface area (Å²) in [6.07, 6.45) is 0. The average Bonchev–Trinajstić information content (AvgIpc) is 3.03. The fourth-order valence-electron chi connectivity index (χ4n) is 3.71. The molecule has 1 saturated heterocycles. The summed E-state index contributed by atoms with van der Waals surface area (Å²) >= 11 is 0. The molecule has 32 heavy (non-hydrogen) atoms. The Kier molecular flexibility index (Phi) is 7.53. The van der Waals surface area contributed by atoms with Gasteiger partial charge < -0.3 is 24.4 Å². The van der Waals surface area contributed by atoms with Gasteiger partial charge in [0.05, 0.1) is 24.8 Å². The zero-order valence-electron chi connectivity index (χ0n) is 19.0. The zero-order chi connectivity index (χ0) is 23.3. The van der Waals surface area contributed by atoms with Crippen molar-refractivity contribution in [2.45, 2.75) is 19.9 Å². The Bertz CT molecular complexity index is 980.